The zero-order chi connectivity index (χ0) is 16.0. The standard InChI is InChI=1S/C18H29N3O/c1-11(2)21-12(3)8-17(13(21)4)18(22)20(5)16-9-14-6-7-15(10-16)19-14/h8,11,14-16,19H,6-7,9-10H2,1-5H3. The summed E-state index contributed by atoms with van der Waals surface area (Å²) in [4.78, 5) is 15.0. The maximum Gasteiger partial charge on any atom is 0.255 e. The van der Waals surface area contributed by atoms with Gasteiger partial charge in [-0.15, -0.1) is 0 Å². The smallest absolute Gasteiger partial charge is 0.255 e. The van der Waals surface area contributed by atoms with Crippen LogP contribution in [-0.4, -0.2) is 40.5 Å². The van der Waals surface area contributed by atoms with E-state index >= 15 is 0 Å². The topological polar surface area (TPSA) is 37.3 Å². The van der Waals surface area contributed by atoms with E-state index in [9.17, 15) is 4.79 Å². The summed E-state index contributed by atoms with van der Waals surface area (Å²) < 4.78 is 2.26. The molecule has 2 aliphatic rings. The van der Waals surface area contributed by atoms with Gasteiger partial charge in [0.25, 0.3) is 5.91 Å². The van der Waals surface area contributed by atoms with E-state index in [0.717, 1.165) is 24.1 Å². The van der Waals surface area contributed by atoms with Gasteiger partial charge in [0.2, 0.25) is 0 Å². The van der Waals surface area contributed by atoms with Crippen molar-refractivity contribution in [3.05, 3.63) is 23.0 Å². The van der Waals surface area contributed by atoms with Crippen molar-refractivity contribution in [2.45, 2.75) is 77.5 Å². The first-order chi connectivity index (χ1) is 10.4. The summed E-state index contributed by atoms with van der Waals surface area (Å²) in [7, 11) is 1.99. The summed E-state index contributed by atoms with van der Waals surface area (Å²) in [5, 5.41) is 3.65. The maximum absolute atomic E-state index is 13.0. The van der Waals surface area contributed by atoms with Crippen LogP contribution in [0.2, 0.25) is 0 Å². The Morgan fingerprint density at radius 1 is 1.27 bits per heavy atom. The molecule has 0 saturated carbocycles. The molecule has 2 atom stereocenters. The highest BCUT2D eigenvalue weighted by atomic mass is 16.2. The molecule has 1 N–H and O–H groups in total. The van der Waals surface area contributed by atoms with Gasteiger partial charge in [0.15, 0.2) is 0 Å². The molecule has 1 amide bonds. The van der Waals surface area contributed by atoms with Crippen molar-refractivity contribution in [1.82, 2.24) is 14.8 Å². The van der Waals surface area contributed by atoms with Crippen molar-refractivity contribution in [1.29, 1.82) is 0 Å². The molecular formula is C18H29N3O. The van der Waals surface area contributed by atoms with Gasteiger partial charge in [-0.1, -0.05) is 0 Å². The Balaban J connectivity index is 1.80. The van der Waals surface area contributed by atoms with Crippen LogP contribution in [0.25, 0.3) is 0 Å². The molecule has 0 radical (unpaired) electrons. The number of hydrogen-bond acceptors (Lipinski definition) is 2. The van der Waals surface area contributed by atoms with E-state index in [1.54, 1.807) is 0 Å². The number of amides is 1. The van der Waals surface area contributed by atoms with Crippen molar-refractivity contribution >= 4 is 5.91 Å². The molecule has 4 heteroatoms. The Labute approximate surface area is 133 Å². The summed E-state index contributed by atoms with van der Waals surface area (Å²) in [6.45, 7) is 8.50. The SMILES string of the molecule is Cc1cc(C(=O)N(C)C2CC3CCC(C2)N3)c(C)n1C(C)C. The second kappa shape index (κ2) is 5.73. The van der Waals surface area contributed by atoms with E-state index in [4.69, 9.17) is 0 Å². The summed E-state index contributed by atoms with van der Waals surface area (Å²) in [5.41, 5.74) is 3.15. The molecule has 2 bridgehead atoms. The molecule has 3 rings (SSSR count). The van der Waals surface area contributed by atoms with Crippen LogP contribution >= 0.6 is 0 Å². The van der Waals surface area contributed by atoms with Gasteiger partial charge in [0, 0.05) is 42.6 Å². The lowest BCUT2D eigenvalue weighted by Gasteiger charge is -2.35. The van der Waals surface area contributed by atoms with Crippen LogP contribution in [0, 0.1) is 13.8 Å². The van der Waals surface area contributed by atoms with E-state index in [0.29, 0.717) is 24.2 Å². The van der Waals surface area contributed by atoms with Gasteiger partial charge in [-0.05, 0) is 59.4 Å². The van der Waals surface area contributed by atoms with Crippen LogP contribution < -0.4 is 5.32 Å². The number of aryl methyl sites for hydroxylation is 1. The van der Waals surface area contributed by atoms with Crippen molar-refractivity contribution in [2.75, 3.05) is 7.05 Å². The van der Waals surface area contributed by atoms with E-state index < -0.39 is 0 Å². The molecule has 1 aromatic heterocycles. The fourth-order valence-electron chi connectivity index (χ4n) is 4.49. The number of hydrogen-bond donors (Lipinski definition) is 1. The molecule has 122 valence electrons. The lowest BCUT2D eigenvalue weighted by Crippen LogP contribution is -2.48. The zero-order valence-corrected chi connectivity index (χ0v) is 14.5. The predicted molar refractivity (Wildman–Crippen MR) is 89.4 cm³/mol. The molecule has 2 saturated heterocycles. The van der Waals surface area contributed by atoms with Crippen LogP contribution in [0.15, 0.2) is 6.07 Å². The largest absolute Gasteiger partial charge is 0.346 e. The first-order valence-electron chi connectivity index (χ1n) is 8.60. The van der Waals surface area contributed by atoms with Gasteiger partial charge in [-0.25, -0.2) is 0 Å². The van der Waals surface area contributed by atoms with E-state index in [1.165, 1.54) is 18.5 Å². The molecule has 2 aliphatic heterocycles. The molecule has 0 spiro atoms. The molecule has 2 unspecified atom stereocenters. The Morgan fingerprint density at radius 2 is 1.86 bits per heavy atom. The zero-order valence-electron chi connectivity index (χ0n) is 14.5. The number of nitrogens with zero attached hydrogens (tertiary/aromatic N) is 2. The Morgan fingerprint density at radius 3 is 2.36 bits per heavy atom. The normalized spacial score (nSPS) is 27.5. The number of nitrogens with one attached hydrogen (secondary N) is 1. The lowest BCUT2D eigenvalue weighted by atomic mass is 9.98. The highest BCUT2D eigenvalue weighted by molar-refractivity contribution is 5.95. The van der Waals surface area contributed by atoms with E-state index in [1.807, 2.05) is 11.9 Å². The summed E-state index contributed by atoms with van der Waals surface area (Å²) in [6, 6.07) is 4.06. The summed E-state index contributed by atoms with van der Waals surface area (Å²) in [6.07, 6.45) is 4.74. The molecule has 3 heterocycles. The molecule has 2 fully saturated rings. The third-order valence-corrected chi connectivity index (χ3v) is 5.55. The minimum absolute atomic E-state index is 0.186. The molecule has 4 nitrogen and oxygen atoms in total. The van der Waals surface area contributed by atoms with Crippen molar-refractivity contribution in [3.63, 3.8) is 0 Å². The van der Waals surface area contributed by atoms with Crippen molar-refractivity contribution < 1.29 is 4.79 Å². The average Bonchev–Trinajstić information content (AvgIpc) is 2.96. The number of carbonyl (C=O) groups is 1. The lowest BCUT2D eigenvalue weighted by molar-refractivity contribution is 0.0681. The summed E-state index contributed by atoms with van der Waals surface area (Å²) in [5.74, 6) is 0.186. The van der Waals surface area contributed by atoms with Gasteiger partial charge >= 0.3 is 0 Å². The molecule has 22 heavy (non-hydrogen) atoms. The Hall–Kier alpha value is -1.29. The number of rotatable bonds is 3. The number of aromatic nitrogens is 1. The average molecular weight is 303 g/mol. The number of piperidine rings is 1. The van der Waals surface area contributed by atoms with Crippen molar-refractivity contribution in [3.8, 4) is 0 Å². The minimum atomic E-state index is 0.186. The van der Waals surface area contributed by atoms with Crippen LogP contribution in [0.1, 0.15) is 67.3 Å². The van der Waals surface area contributed by atoms with Crippen LogP contribution in [-0.2, 0) is 0 Å². The minimum Gasteiger partial charge on any atom is -0.346 e. The quantitative estimate of drug-likeness (QED) is 0.932. The predicted octanol–water partition coefficient (Wildman–Crippen LogP) is 3.04. The van der Waals surface area contributed by atoms with E-state index in [2.05, 4.69) is 43.6 Å². The monoisotopic (exact) mass is 303 g/mol. The second-order valence-corrected chi connectivity index (χ2v) is 7.43. The Bertz CT molecular complexity index is 563. The number of carbonyl (C=O) groups excluding carboxylic acids is 1. The van der Waals surface area contributed by atoms with Gasteiger partial charge < -0.3 is 14.8 Å². The van der Waals surface area contributed by atoms with Crippen LogP contribution in [0.5, 0.6) is 0 Å². The van der Waals surface area contributed by atoms with Gasteiger partial charge in [0.05, 0.1) is 5.56 Å². The third-order valence-electron chi connectivity index (χ3n) is 5.55. The Kier molecular flexibility index (Phi) is 4.06. The first kappa shape index (κ1) is 15.6. The highest BCUT2D eigenvalue weighted by Crippen LogP contribution is 2.30. The molecule has 0 aromatic carbocycles. The number of fused-ring (bicyclic) bond motifs is 2. The van der Waals surface area contributed by atoms with Crippen LogP contribution in [0.3, 0.4) is 0 Å². The molecule has 1 aromatic rings. The first-order valence-corrected chi connectivity index (χ1v) is 8.60. The fraction of sp³-hybridized carbons (Fsp3) is 0.722. The maximum atomic E-state index is 13.0. The van der Waals surface area contributed by atoms with Gasteiger partial charge in [0.1, 0.15) is 0 Å². The van der Waals surface area contributed by atoms with Gasteiger partial charge in [-0.3, -0.25) is 4.79 Å². The fourth-order valence-corrected chi connectivity index (χ4v) is 4.49. The second-order valence-electron chi connectivity index (χ2n) is 7.43. The van der Waals surface area contributed by atoms with E-state index in [-0.39, 0.29) is 5.91 Å². The van der Waals surface area contributed by atoms with Crippen molar-refractivity contribution in [2.24, 2.45) is 0 Å². The molecular weight excluding hydrogens is 274 g/mol. The third kappa shape index (κ3) is 2.58. The van der Waals surface area contributed by atoms with Gasteiger partial charge in [-0.2, -0.15) is 0 Å². The van der Waals surface area contributed by atoms with Crippen LogP contribution in [0.4, 0.5) is 0 Å². The summed E-state index contributed by atoms with van der Waals surface area (Å²) >= 11 is 0. The molecule has 0 aliphatic carbocycles. The highest BCUT2D eigenvalue weighted by Gasteiger charge is 2.37.